The second-order valence-corrected chi connectivity index (χ2v) is 9.81. The quantitative estimate of drug-likeness (QED) is 0.287. The van der Waals surface area contributed by atoms with E-state index in [1.807, 2.05) is 44.2 Å². The molecule has 194 valence electrons. The molecule has 1 aliphatic heterocycles. The fourth-order valence-corrected chi connectivity index (χ4v) is 5.22. The summed E-state index contributed by atoms with van der Waals surface area (Å²) in [7, 11) is 1.54. The lowest BCUT2D eigenvalue weighted by molar-refractivity contribution is -0.126. The van der Waals surface area contributed by atoms with Gasteiger partial charge < -0.3 is 14.5 Å². The Hall–Kier alpha value is -3.97. The van der Waals surface area contributed by atoms with Gasteiger partial charge in [-0.2, -0.15) is 0 Å². The number of piperazine rings is 1. The van der Waals surface area contributed by atoms with E-state index in [-0.39, 0.29) is 11.7 Å². The Kier molecular flexibility index (Phi) is 7.04. The van der Waals surface area contributed by atoms with Gasteiger partial charge in [-0.05, 0) is 73.0 Å². The number of anilines is 1. The molecule has 8 heteroatoms. The second-order valence-electron chi connectivity index (χ2n) is 9.38. The van der Waals surface area contributed by atoms with Crippen LogP contribution in [-0.4, -0.2) is 54.3 Å². The van der Waals surface area contributed by atoms with Crippen LogP contribution in [0.2, 0.25) is 5.02 Å². The largest absolute Gasteiger partial charge is 0.496 e. The van der Waals surface area contributed by atoms with Gasteiger partial charge in [0, 0.05) is 47.5 Å². The number of ether oxygens (including phenoxy) is 1. The molecule has 0 spiro atoms. The van der Waals surface area contributed by atoms with Crippen LogP contribution in [0.5, 0.6) is 5.75 Å². The third kappa shape index (κ3) is 4.58. The fraction of sp³-hybridized carbons (Fsp3) is 0.233. The molecular weight excluding hydrogens is 503 g/mol. The SMILES string of the molecule is C=CC(=O)N1CCN(c2nnc(-c3cc(Cl)ccc3C)c3cc(-c4c(F)cccc4OC)c(C)cc23)CC1. The van der Waals surface area contributed by atoms with Crippen LogP contribution in [0.25, 0.3) is 33.2 Å². The summed E-state index contributed by atoms with van der Waals surface area (Å²) in [5.74, 6) is 0.742. The molecule has 1 aliphatic rings. The van der Waals surface area contributed by atoms with E-state index in [0.29, 0.717) is 53.8 Å². The molecule has 1 aromatic heterocycles. The molecule has 1 saturated heterocycles. The lowest BCUT2D eigenvalue weighted by atomic mass is 9.93. The summed E-state index contributed by atoms with van der Waals surface area (Å²) in [6.45, 7) is 9.90. The van der Waals surface area contributed by atoms with E-state index in [4.69, 9.17) is 16.3 Å². The third-order valence-corrected chi connectivity index (χ3v) is 7.33. The Balaban J connectivity index is 1.73. The van der Waals surface area contributed by atoms with Gasteiger partial charge in [-0.25, -0.2) is 4.39 Å². The molecule has 0 bridgehead atoms. The van der Waals surface area contributed by atoms with Crippen LogP contribution in [0, 0.1) is 19.7 Å². The first-order chi connectivity index (χ1) is 18.3. The summed E-state index contributed by atoms with van der Waals surface area (Å²) in [4.78, 5) is 16.0. The van der Waals surface area contributed by atoms with Gasteiger partial charge in [-0.3, -0.25) is 4.79 Å². The Morgan fingerprint density at radius 3 is 2.47 bits per heavy atom. The maximum absolute atomic E-state index is 15.2. The Morgan fingerprint density at radius 1 is 1.00 bits per heavy atom. The molecule has 0 atom stereocenters. The first-order valence-electron chi connectivity index (χ1n) is 12.4. The Labute approximate surface area is 226 Å². The van der Waals surface area contributed by atoms with E-state index < -0.39 is 0 Å². The Bertz CT molecular complexity index is 1560. The summed E-state index contributed by atoms with van der Waals surface area (Å²) in [6.07, 6.45) is 1.34. The van der Waals surface area contributed by atoms with Crippen LogP contribution in [0.3, 0.4) is 0 Å². The van der Waals surface area contributed by atoms with Crippen molar-refractivity contribution in [1.82, 2.24) is 15.1 Å². The van der Waals surface area contributed by atoms with Crippen molar-refractivity contribution in [2.24, 2.45) is 0 Å². The topological polar surface area (TPSA) is 58.6 Å². The predicted molar refractivity (Wildman–Crippen MR) is 150 cm³/mol. The number of nitrogens with zero attached hydrogens (tertiary/aromatic N) is 4. The van der Waals surface area contributed by atoms with E-state index in [1.165, 1.54) is 19.3 Å². The molecule has 0 saturated carbocycles. The fourth-order valence-electron chi connectivity index (χ4n) is 5.05. The number of fused-ring (bicyclic) bond motifs is 1. The van der Waals surface area contributed by atoms with E-state index in [9.17, 15) is 4.79 Å². The van der Waals surface area contributed by atoms with Crippen molar-refractivity contribution >= 4 is 34.1 Å². The number of rotatable bonds is 5. The number of carbonyl (C=O) groups excluding carboxylic acids is 1. The highest BCUT2D eigenvalue weighted by atomic mass is 35.5. The standard InChI is InChI=1S/C30H28ClFN4O2/c1-5-27(37)35-11-13-36(14-12-35)30-24-15-19(3)21(28-25(32)7-6-8-26(28)38-4)17-23(24)29(33-34-30)22-16-20(31)10-9-18(22)2/h5-10,15-17H,1,11-14H2,2-4H3. The van der Waals surface area contributed by atoms with Crippen molar-refractivity contribution in [3.8, 4) is 28.1 Å². The highest BCUT2D eigenvalue weighted by Crippen LogP contribution is 2.41. The molecule has 6 nitrogen and oxygen atoms in total. The summed E-state index contributed by atoms with van der Waals surface area (Å²) in [6, 6.07) is 14.5. The normalized spacial score (nSPS) is 13.6. The van der Waals surface area contributed by atoms with Crippen molar-refractivity contribution in [1.29, 1.82) is 0 Å². The number of halogens is 2. The first-order valence-corrected chi connectivity index (χ1v) is 12.8. The highest BCUT2D eigenvalue weighted by molar-refractivity contribution is 6.31. The minimum Gasteiger partial charge on any atom is -0.496 e. The van der Waals surface area contributed by atoms with Crippen LogP contribution in [0.1, 0.15) is 11.1 Å². The number of aromatic nitrogens is 2. The monoisotopic (exact) mass is 530 g/mol. The number of carbonyl (C=O) groups is 1. The summed E-state index contributed by atoms with van der Waals surface area (Å²) in [5.41, 5.74) is 4.52. The highest BCUT2D eigenvalue weighted by Gasteiger charge is 2.25. The molecule has 1 fully saturated rings. The van der Waals surface area contributed by atoms with Crippen LogP contribution < -0.4 is 9.64 Å². The molecular formula is C30H28ClFN4O2. The molecule has 5 rings (SSSR count). The minimum atomic E-state index is -0.363. The molecule has 0 radical (unpaired) electrons. The molecule has 4 aromatic rings. The average molecular weight is 531 g/mol. The maximum Gasteiger partial charge on any atom is 0.246 e. The average Bonchev–Trinajstić information content (AvgIpc) is 2.93. The van der Waals surface area contributed by atoms with Gasteiger partial charge in [-0.15, -0.1) is 10.2 Å². The van der Waals surface area contributed by atoms with E-state index in [1.54, 1.807) is 17.0 Å². The van der Waals surface area contributed by atoms with E-state index >= 15 is 4.39 Å². The number of aryl methyl sites for hydroxylation is 2. The van der Waals surface area contributed by atoms with Gasteiger partial charge in [-0.1, -0.05) is 30.3 Å². The third-order valence-electron chi connectivity index (χ3n) is 7.09. The van der Waals surface area contributed by atoms with Crippen LogP contribution >= 0.6 is 11.6 Å². The predicted octanol–water partition coefficient (Wildman–Crippen LogP) is 6.22. The number of benzene rings is 3. The maximum atomic E-state index is 15.2. The van der Waals surface area contributed by atoms with Gasteiger partial charge >= 0.3 is 0 Å². The smallest absolute Gasteiger partial charge is 0.246 e. The van der Waals surface area contributed by atoms with Crippen molar-refractivity contribution in [2.75, 3.05) is 38.2 Å². The Morgan fingerprint density at radius 2 is 1.76 bits per heavy atom. The summed E-state index contributed by atoms with van der Waals surface area (Å²) >= 11 is 6.37. The zero-order valence-electron chi connectivity index (χ0n) is 21.6. The summed E-state index contributed by atoms with van der Waals surface area (Å²) in [5, 5.41) is 11.7. The van der Waals surface area contributed by atoms with Crippen LogP contribution in [0.15, 0.2) is 61.2 Å². The van der Waals surface area contributed by atoms with Crippen molar-refractivity contribution in [3.05, 3.63) is 83.2 Å². The number of hydrogen-bond acceptors (Lipinski definition) is 5. The van der Waals surface area contributed by atoms with Crippen molar-refractivity contribution < 1.29 is 13.9 Å². The second kappa shape index (κ2) is 10.4. The molecule has 2 heterocycles. The lowest BCUT2D eigenvalue weighted by Crippen LogP contribution is -2.48. The number of methoxy groups -OCH3 is 1. The van der Waals surface area contributed by atoms with E-state index in [2.05, 4.69) is 21.7 Å². The molecule has 0 aliphatic carbocycles. The molecule has 0 N–H and O–H groups in total. The molecule has 0 unspecified atom stereocenters. The number of hydrogen-bond donors (Lipinski definition) is 0. The minimum absolute atomic E-state index is 0.0771. The van der Waals surface area contributed by atoms with Crippen molar-refractivity contribution in [3.63, 3.8) is 0 Å². The van der Waals surface area contributed by atoms with Gasteiger partial charge in [0.1, 0.15) is 17.3 Å². The van der Waals surface area contributed by atoms with Gasteiger partial charge in [0.2, 0.25) is 5.91 Å². The number of amides is 1. The van der Waals surface area contributed by atoms with Gasteiger partial charge in [0.15, 0.2) is 5.82 Å². The molecule has 3 aromatic carbocycles. The van der Waals surface area contributed by atoms with Crippen LogP contribution in [-0.2, 0) is 4.79 Å². The van der Waals surface area contributed by atoms with Gasteiger partial charge in [0.25, 0.3) is 0 Å². The first kappa shape index (κ1) is 25.7. The van der Waals surface area contributed by atoms with Crippen LogP contribution in [0.4, 0.5) is 10.2 Å². The lowest BCUT2D eigenvalue weighted by Gasteiger charge is -2.35. The van der Waals surface area contributed by atoms with E-state index in [0.717, 1.165) is 33.3 Å². The summed E-state index contributed by atoms with van der Waals surface area (Å²) < 4.78 is 20.7. The zero-order valence-corrected chi connectivity index (χ0v) is 22.3. The zero-order chi connectivity index (χ0) is 27.0. The van der Waals surface area contributed by atoms with Crippen molar-refractivity contribution in [2.45, 2.75) is 13.8 Å². The van der Waals surface area contributed by atoms with Gasteiger partial charge in [0.05, 0.1) is 12.7 Å². The molecule has 1 amide bonds. The molecule has 38 heavy (non-hydrogen) atoms.